The van der Waals surface area contributed by atoms with Gasteiger partial charge in [-0.05, 0) is 56.2 Å². The molecule has 33 heavy (non-hydrogen) atoms. The molecule has 1 aliphatic rings. The van der Waals surface area contributed by atoms with E-state index in [-0.39, 0.29) is 28.2 Å². The molecule has 0 unspecified atom stereocenters. The fourth-order valence-corrected chi connectivity index (χ4v) is 5.57. The van der Waals surface area contributed by atoms with Crippen molar-refractivity contribution in [3.05, 3.63) is 48.5 Å². The van der Waals surface area contributed by atoms with E-state index >= 15 is 0 Å². The lowest BCUT2D eigenvalue weighted by atomic mass is 10.2. The average Bonchev–Trinajstić information content (AvgIpc) is 2.81. The van der Waals surface area contributed by atoms with E-state index in [4.69, 9.17) is 4.74 Å². The van der Waals surface area contributed by atoms with Crippen LogP contribution in [0.2, 0.25) is 0 Å². The van der Waals surface area contributed by atoms with Crippen LogP contribution in [0.15, 0.2) is 53.4 Å². The van der Waals surface area contributed by atoms with E-state index in [1.807, 2.05) is 19.1 Å². The highest BCUT2D eigenvalue weighted by atomic mass is 32.2. The quantitative estimate of drug-likeness (QED) is 0.527. The summed E-state index contributed by atoms with van der Waals surface area (Å²) in [7, 11) is -3.50. The largest absolute Gasteiger partial charge is 0.492 e. The van der Waals surface area contributed by atoms with Crippen LogP contribution in [0.25, 0.3) is 0 Å². The number of nitrogens with one attached hydrogen (secondary N) is 2. The SMILES string of the molecule is CCOc1ccccc1NC(=O)CSCC(=O)Nc1ccc(S(=O)(=O)N2CCCCC2)cc1. The predicted molar refractivity (Wildman–Crippen MR) is 131 cm³/mol. The molecule has 178 valence electrons. The summed E-state index contributed by atoms with van der Waals surface area (Å²) in [4.78, 5) is 24.6. The lowest BCUT2D eigenvalue weighted by Gasteiger charge is -2.25. The molecule has 0 saturated carbocycles. The lowest BCUT2D eigenvalue weighted by Crippen LogP contribution is -2.35. The van der Waals surface area contributed by atoms with Crippen LogP contribution >= 0.6 is 11.8 Å². The van der Waals surface area contributed by atoms with Crippen LogP contribution < -0.4 is 15.4 Å². The Morgan fingerprint density at radius 2 is 1.58 bits per heavy atom. The monoisotopic (exact) mass is 491 g/mol. The number of ether oxygens (including phenoxy) is 1. The zero-order valence-electron chi connectivity index (χ0n) is 18.6. The summed E-state index contributed by atoms with van der Waals surface area (Å²) in [5, 5.41) is 5.52. The molecule has 8 nitrogen and oxygen atoms in total. The van der Waals surface area contributed by atoms with Gasteiger partial charge in [-0.2, -0.15) is 4.31 Å². The molecular formula is C23H29N3O5S2. The highest BCUT2D eigenvalue weighted by Gasteiger charge is 2.25. The van der Waals surface area contributed by atoms with E-state index < -0.39 is 10.0 Å². The van der Waals surface area contributed by atoms with Gasteiger partial charge in [0.25, 0.3) is 0 Å². The number of anilines is 2. The Morgan fingerprint density at radius 1 is 0.939 bits per heavy atom. The molecule has 1 heterocycles. The highest BCUT2D eigenvalue weighted by molar-refractivity contribution is 8.00. The fraction of sp³-hybridized carbons (Fsp3) is 0.391. The molecule has 0 radical (unpaired) electrons. The number of benzene rings is 2. The Kier molecular flexibility index (Phi) is 9.16. The van der Waals surface area contributed by atoms with Crippen molar-refractivity contribution in [3.8, 4) is 5.75 Å². The molecule has 2 aromatic rings. The van der Waals surface area contributed by atoms with E-state index in [1.165, 1.54) is 28.2 Å². The van der Waals surface area contributed by atoms with Crippen molar-refractivity contribution in [2.45, 2.75) is 31.1 Å². The minimum absolute atomic E-state index is 0.0916. The van der Waals surface area contributed by atoms with Gasteiger partial charge in [-0.15, -0.1) is 11.8 Å². The Balaban J connectivity index is 1.45. The van der Waals surface area contributed by atoms with Crippen LogP contribution in [0.1, 0.15) is 26.2 Å². The van der Waals surface area contributed by atoms with Crippen LogP contribution in [0.3, 0.4) is 0 Å². The molecular weight excluding hydrogens is 462 g/mol. The Bertz CT molecular complexity index is 1050. The Hall–Kier alpha value is -2.56. The maximum atomic E-state index is 12.7. The first-order valence-corrected chi connectivity index (χ1v) is 13.5. The number of sulfonamides is 1. The lowest BCUT2D eigenvalue weighted by molar-refractivity contribution is -0.114. The molecule has 0 bridgehead atoms. The molecule has 1 fully saturated rings. The van der Waals surface area contributed by atoms with Crippen molar-refractivity contribution in [2.75, 3.05) is 41.8 Å². The van der Waals surface area contributed by atoms with E-state index in [9.17, 15) is 18.0 Å². The molecule has 2 amide bonds. The van der Waals surface area contributed by atoms with E-state index in [2.05, 4.69) is 10.6 Å². The summed E-state index contributed by atoms with van der Waals surface area (Å²) in [6.07, 6.45) is 2.81. The number of piperidine rings is 1. The summed E-state index contributed by atoms with van der Waals surface area (Å²) in [5.74, 6) is 0.304. The van der Waals surface area contributed by atoms with Crippen molar-refractivity contribution < 1.29 is 22.7 Å². The number of thioether (sulfide) groups is 1. The van der Waals surface area contributed by atoms with Crippen LogP contribution in [-0.4, -0.2) is 55.7 Å². The third-order valence-electron chi connectivity index (χ3n) is 5.02. The van der Waals surface area contributed by atoms with Gasteiger partial charge in [-0.1, -0.05) is 18.6 Å². The second kappa shape index (κ2) is 12.1. The van der Waals surface area contributed by atoms with Crippen molar-refractivity contribution in [1.29, 1.82) is 0 Å². The van der Waals surface area contributed by atoms with Gasteiger partial charge < -0.3 is 15.4 Å². The van der Waals surface area contributed by atoms with Gasteiger partial charge in [-0.3, -0.25) is 9.59 Å². The van der Waals surface area contributed by atoms with Gasteiger partial charge in [0, 0.05) is 18.8 Å². The van der Waals surface area contributed by atoms with Crippen LogP contribution in [0.4, 0.5) is 11.4 Å². The molecule has 3 rings (SSSR count). The van der Waals surface area contributed by atoms with Gasteiger partial charge in [0.2, 0.25) is 21.8 Å². The van der Waals surface area contributed by atoms with Gasteiger partial charge in [0.1, 0.15) is 5.75 Å². The maximum absolute atomic E-state index is 12.7. The summed E-state index contributed by atoms with van der Waals surface area (Å²) >= 11 is 1.19. The molecule has 2 N–H and O–H groups in total. The van der Waals surface area contributed by atoms with Crippen molar-refractivity contribution in [1.82, 2.24) is 4.31 Å². The second-order valence-corrected chi connectivity index (χ2v) is 10.4. The number of rotatable bonds is 10. The zero-order valence-corrected chi connectivity index (χ0v) is 20.2. The first kappa shape index (κ1) is 25.1. The Morgan fingerprint density at radius 3 is 2.24 bits per heavy atom. The molecule has 0 atom stereocenters. The summed E-state index contributed by atoms with van der Waals surface area (Å²) in [5.41, 5.74) is 1.10. The van der Waals surface area contributed by atoms with Gasteiger partial charge in [0.15, 0.2) is 0 Å². The number of amides is 2. The van der Waals surface area contributed by atoms with Gasteiger partial charge in [0.05, 0.1) is 28.7 Å². The molecule has 10 heteroatoms. The number of carbonyl (C=O) groups excluding carboxylic acids is 2. The van der Waals surface area contributed by atoms with Crippen molar-refractivity contribution >= 4 is 45.0 Å². The third-order valence-corrected chi connectivity index (χ3v) is 7.86. The van der Waals surface area contributed by atoms with E-state index in [0.29, 0.717) is 36.8 Å². The van der Waals surface area contributed by atoms with Gasteiger partial charge in [-0.25, -0.2) is 8.42 Å². The summed E-state index contributed by atoms with van der Waals surface area (Å²) < 4.78 is 32.4. The third kappa shape index (κ3) is 7.21. The van der Waals surface area contributed by atoms with Crippen LogP contribution in [-0.2, 0) is 19.6 Å². The summed E-state index contributed by atoms with van der Waals surface area (Å²) in [6.45, 7) is 3.45. The second-order valence-electron chi connectivity index (χ2n) is 7.51. The Labute approximate surface area is 199 Å². The van der Waals surface area contributed by atoms with Crippen molar-refractivity contribution in [3.63, 3.8) is 0 Å². The fourth-order valence-electron chi connectivity index (χ4n) is 3.44. The first-order valence-electron chi connectivity index (χ1n) is 10.9. The molecule has 0 spiro atoms. The summed E-state index contributed by atoms with van der Waals surface area (Å²) in [6, 6.07) is 13.4. The molecule has 0 aromatic heterocycles. The standard InChI is InChI=1S/C23H29N3O5S2/c1-2-31-21-9-5-4-8-20(21)25-23(28)17-32-16-22(27)24-18-10-12-19(13-11-18)33(29,30)26-14-6-3-7-15-26/h4-5,8-13H,2-3,6-7,14-17H2,1H3,(H,24,27)(H,25,28). The topological polar surface area (TPSA) is 105 Å². The average molecular weight is 492 g/mol. The maximum Gasteiger partial charge on any atom is 0.243 e. The molecule has 0 aliphatic carbocycles. The molecule has 1 saturated heterocycles. The minimum Gasteiger partial charge on any atom is -0.492 e. The highest BCUT2D eigenvalue weighted by Crippen LogP contribution is 2.24. The number of hydrogen-bond acceptors (Lipinski definition) is 6. The molecule has 2 aromatic carbocycles. The zero-order chi connectivity index (χ0) is 23.7. The number of para-hydroxylation sites is 2. The van der Waals surface area contributed by atoms with E-state index in [0.717, 1.165) is 19.3 Å². The van der Waals surface area contributed by atoms with E-state index in [1.54, 1.807) is 24.3 Å². The van der Waals surface area contributed by atoms with Crippen LogP contribution in [0.5, 0.6) is 5.75 Å². The first-order chi connectivity index (χ1) is 15.9. The number of nitrogens with zero attached hydrogens (tertiary/aromatic N) is 1. The smallest absolute Gasteiger partial charge is 0.243 e. The normalized spacial score (nSPS) is 14.5. The number of hydrogen-bond donors (Lipinski definition) is 2. The predicted octanol–water partition coefficient (Wildman–Crippen LogP) is 3.57. The number of carbonyl (C=O) groups is 2. The minimum atomic E-state index is -3.50. The van der Waals surface area contributed by atoms with Gasteiger partial charge >= 0.3 is 0 Å². The molecule has 1 aliphatic heterocycles. The van der Waals surface area contributed by atoms with Crippen molar-refractivity contribution in [2.24, 2.45) is 0 Å². The van der Waals surface area contributed by atoms with Crippen LogP contribution in [0, 0.1) is 0 Å².